The molecule has 0 spiro atoms. The number of benzene rings is 4. The number of fused-ring (bicyclic) bond motifs is 9. The Hall–Kier alpha value is -5.30. The molecule has 2 aliphatic carbocycles. The third-order valence-electron chi connectivity index (χ3n) is 14.4. The van der Waals surface area contributed by atoms with E-state index in [4.69, 9.17) is 16.2 Å². The smallest absolute Gasteiger partial charge is 0.161 e. The van der Waals surface area contributed by atoms with Crippen LogP contribution in [0.2, 0.25) is 0 Å². The molecular formula is C57H64N3O8S2-. The van der Waals surface area contributed by atoms with Gasteiger partial charge in [0.15, 0.2) is 17.3 Å². The lowest BCUT2D eigenvalue weighted by molar-refractivity contribution is -0.307. The van der Waals surface area contributed by atoms with Crippen molar-refractivity contribution in [1.29, 1.82) is 0 Å². The number of nitrogens with two attached hydrogens (primary N) is 2. The van der Waals surface area contributed by atoms with Crippen molar-refractivity contribution in [3.8, 4) is 29.1 Å². The van der Waals surface area contributed by atoms with Crippen LogP contribution in [0.25, 0.3) is 0 Å². The van der Waals surface area contributed by atoms with Crippen LogP contribution in [0.3, 0.4) is 0 Å². The maximum atomic E-state index is 14.2. The van der Waals surface area contributed by atoms with E-state index >= 15 is 0 Å². The number of phenolic OH excluding ortho intramolecular Hbond substituents is 2. The number of aliphatic hydroxyl groups excluding tert-OH is 3. The Balaban J connectivity index is 1.12. The van der Waals surface area contributed by atoms with Crippen molar-refractivity contribution in [3.63, 3.8) is 0 Å². The molecule has 4 aromatic carbocycles. The van der Waals surface area contributed by atoms with Crippen LogP contribution in [0.5, 0.6) is 17.2 Å². The van der Waals surface area contributed by atoms with Gasteiger partial charge in [-0.15, -0.1) is 5.76 Å². The van der Waals surface area contributed by atoms with Gasteiger partial charge in [0.05, 0.1) is 43.7 Å². The van der Waals surface area contributed by atoms with E-state index in [0.717, 1.165) is 47.1 Å². The molecule has 13 heteroatoms. The van der Waals surface area contributed by atoms with Crippen LogP contribution in [-0.4, -0.2) is 68.2 Å². The Morgan fingerprint density at radius 3 is 2.51 bits per heavy atom. The number of aliphatic imine (C=N–C) groups is 1. The van der Waals surface area contributed by atoms with E-state index in [-0.39, 0.29) is 67.4 Å². The number of aromatic hydroxyl groups is 2. The number of aliphatic hydroxyl groups is 3. The maximum absolute atomic E-state index is 14.2. The van der Waals surface area contributed by atoms with Gasteiger partial charge in [0.2, 0.25) is 0 Å². The topological polar surface area (TPSA) is 215 Å². The Kier molecular flexibility index (Phi) is 17.3. The average Bonchev–Trinajstić information content (AvgIpc) is 3.96. The summed E-state index contributed by atoms with van der Waals surface area (Å²) in [6, 6.07) is 24.7. The number of carbonyl (C=O) groups is 1. The number of phenols is 2. The first kappa shape index (κ1) is 51.1. The molecule has 2 aliphatic heterocycles. The molecular weight excluding hydrogens is 919 g/mol. The van der Waals surface area contributed by atoms with E-state index in [2.05, 4.69) is 29.0 Å². The quantitative estimate of drug-likeness (QED) is 0.0458. The number of rotatable bonds is 10. The highest BCUT2D eigenvalue weighted by atomic mass is 33.1. The molecule has 9 N–H and O–H groups in total. The summed E-state index contributed by atoms with van der Waals surface area (Å²) in [7, 11) is 3.30. The number of hydrogen-bond donors (Lipinski definition) is 7. The number of hydrogen-bond acceptors (Lipinski definition) is 13. The second kappa shape index (κ2) is 23.7. The van der Waals surface area contributed by atoms with Crippen molar-refractivity contribution in [3.05, 3.63) is 159 Å². The zero-order valence-corrected chi connectivity index (χ0v) is 41.1. The zero-order valence-electron chi connectivity index (χ0n) is 39.5. The molecule has 1 fully saturated rings. The van der Waals surface area contributed by atoms with Crippen LogP contribution in [-0.2, 0) is 29.8 Å². The van der Waals surface area contributed by atoms with Gasteiger partial charge >= 0.3 is 0 Å². The molecule has 0 aromatic heterocycles. The predicted octanol–water partition coefficient (Wildman–Crippen LogP) is 7.98. The molecule has 70 heavy (non-hydrogen) atoms. The summed E-state index contributed by atoms with van der Waals surface area (Å²) in [5.74, 6) is 7.36. The molecule has 368 valence electrons. The summed E-state index contributed by atoms with van der Waals surface area (Å²) in [6.07, 6.45) is 11.0. The normalized spacial score (nSPS) is 22.7. The molecule has 4 aromatic rings. The van der Waals surface area contributed by atoms with Gasteiger partial charge < -0.3 is 46.8 Å². The highest BCUT2D eigenvalue weighted by Gasteiger charge is 2.43. The second-order valence-electron chi connectivity index (χ2n) is 19.4. The molecule has 8 rings (SSSR count). The van der Waals surface area contributed by atoms with Gasteiger partial charge in [0.1, 0.15) is 5.75 Å². The summed E-state index contributed by atoms with van der Waals surface area (Å²) in [5.41, 5.74) is 20.1. The van der Waals surface area contributed by atoms with Gasteiger partial charge in [-0.25, -0.2) is 0 Å². The number of aryl methyl sites for hydroxylation is 2. The number of nitrogens with zero attached hydrogens (tertiary/aromatic N) is 1. The van der Waals surface area contributed by atoms with Gasteiger partial charge in [-0.3, -0.25) is 9.79 Å². The average molecular weight is 983 g/mol. The monoisotopic (exact) mass is 982 g/mol. The van der Waals surface area contributed by atoms with Crippen LogP contribution in [0.15, 0.2) is 120 Å². The van der Waals surface area contributed by atoms with Crippen LogP contribution in [0.1, 0.15) is 114 Å². The Bertz CT molecular complexity index is 2690. The van der Waals surface area contributed by atoms with Gasteiger partial charge in [-0.2, -0.15) is 0 Å². The maximum Gasteiger partial charge on any atom is 0.161 e. The zero-order chi connectivity index (χ0) is 49.2. The molecule has 1 saturated carbocycles. The molecule has 11 nitrogen and oxygen atoms in total. The first-order valence-corrected chi connectivity index (χ1v) is 26.9. The summed E-state index contributed by atoms with van der Waals surface area (Å²) in [5, 5.41) is 68.8. The summed E-state index contributed by atoms with van der Waals surface area (Å²) < 4.78 is 6.15. The summed E-state index contributed by atoms with van der Waals surface area (Å²) >= 11 is 0. The van der Waals surface area contributed by atoms with Gasteiger partial charge in [0.25, 0.3) is 0 Å². The Morgan fingerprint density at radius 1 is 0.914 bits per heavy atom. The molecule has 8 bridgehead atoms. The first-order chi connectivity index (χ1) is 33.9. The largest absolute Gasteiger partial charge is 0.875 e. The van der Waals surface area contributed by atoms with Crippen molar-refractivity contribution < 1.29 is 40.2 Å². The predicted molar refractivity (Wildman–Crippen MR) is 277 cm³/mol. The third-order valence-corrected chi connectivity index (χ3v) is 16.8. The number of allylic oxidation sites excluding steroid dienone is 5. The van der Waals surface area contributed by atoms with E-state index in [1.54, 1.807) is 64.2 Å². The van der Waals surface area contributed by atoms with Gasteiger partial charge in [0, 0.05) is 47.6 Å². The summed E-state index contributed by atoms with van der Waals surface area (Å²) in [4.78, 5) is 18.1. The third kappa shape index (κ3) is 13.0. The standard InChI is InChI=1S/C57H65N3O8S2/c58-56(59)47-28-40-7-4-8-50-45(19-23-60-50)53(66)30-48-46(40)29-41(47)34-69-70-35-42-31-57(32-54(42)67,21-17-38(25-44(63)33-61)10-9-36-5-2-1-3-6-36)22-18-43(62)14-11-37-13-16-52(65)55(27-37)68-24-20-39-12-15-51(64)49(48)26-39/h1-3,5-6,12-13,15-16,18-19,22-23,26-29,38,42,44,48,54,56,61,63-67H,8-11,14,17,20-21,24-25,30-35,58-59H2/p-1. The van der Waals surface area contributed by atoms with Crippen molar-refractivity contribution >= 4 is 33.1 Å². The lowest BCUT2D eigenvalue weighted by atomic mass is 9.76. The molecule has 0 saturated heterocycles. The van der Waals surface area contributed by atoms with E-state index in [1.165, 1.54) is 5.56 Å². The van der Waals surface area contributed by atoms with Crippen LogP contribution in [0, 0.1) is 29.1 Å². The van der Waals surface area contributed by atoms with Gasteiger partial charge in [-0.05, 0) is 150 Å². The molecule has 6 unspecified atom stereocenters. The van der Waals surface area contributed by atoms with Crippen molar-refractivity contribution in [2.75, 3.05) is 19.0 Å². The second-order valence-corrected chi connectivity index (χ2v) is 21.9. The summed E-state index contributed by atoms with van der Waals surface area (Å²) in [6.45, 7) is -0.107. The molecule has 4 aliphatic rings. The Labute approximate surface area is 419 Å². The fourth-order valence-corrected chi connectivity index (χ4v) is 13.0. The molecule has 0 radical (unpaired) electrons. The minimum Gasteiger partial charge on any atom is -0.875 e. The highest BCUT2D eigenvalue weighted by Crippen LogP contribution is 2.50. The molecule has 0 amide bonds. The van der Waals surface area contributed by atoms with Crippen molar-refractivity contribution in [1.82, 2.24) is 0 Å². The van der Waals surface area contributed by atoms with E-state index < -0.39 is 29.7 Å². The van der Waals surface area contributed by atoms with Gasteiger partial charge in [-0.1, -0.05) is 94.1 Å². The van der Waals surface area contributed by atoms with E-state index in [0.29, 0.717) is 78.2 Å². The van der Waals surface area contributed by atoms with Crippen LogP contribution >= 0.6 is 21.6 Å². The lowest BCUT2D eigenvalue weighted by Crippen LogP contribution is -2.23. The lowest BCUT2D eigenvalue weighted by Gasteiger charge is -2.29. The first-order valence-electron chi connectivity index (χ1n) is 24.4. The minimum atomic E-state index is -0.833. The van der Waals surface area contributed by atoms with E-state index in [1.807, 2.05) is 48.5 Å². The molecule has 6 atom stereocenters. The SMILES string of the molecule is NC(N)c1cc2c3cc1CSSCC1CC(CCC(CCc4ccccc4)CC(O)CO)(C=CC(=O)CCc4ccc(O)c(c4)OCCc4ccc(O)c(c4)C3CC([O-])=C3C=CN=C3CC#C2)CC1O. The minimum absolute atomic E-state index is 0.0219. The van der Waals surface area contributed by atoms with Crippen molar-refractivity contribution in [2.45, 2.75) is 107 Å². The number of carbonyl (C=O) groups excluding carboxylic acids is 1. The Morgan fingerprint density at radius 2 is 1.71 bits per heavy atom. The van der Waals surface area contributed by atoms with E-state index in [9.17, 15) is 35.4 Å². The van der Waals surface area contributed by atoms with Crippen molar-refractivity contribution in [2.24, 2.45) is 33.7 Å². The van der Waals surface area contributed by atoms with Crippen LogP contribution in [0.4, 0.5) is 0 Å². The molecule has 2 heterocycles. The van der Waals surface area contributed by atoms with Crippen LogP contribution < -0.4 is 21.3 Å². The highest BCUT2D eigenvalue weighted by molar-refractivity contribution is 8.76. The number of ketones is 1. The fraction of sp³-hybridized carbons (Fsp3) is 0.404. The number of ether oxygens (including phenoxy) is 1. The fourth-order valence-electron chi connectivity index (χ4n) is 10.5.